The van der Waals surface area contributed by atoms with E-state index in [9.17, 15) is 4.79 Å². The normalized spacial score (nSPS) is 20.3. The first-order valence-electron chi connectivity index (χ1n) is 13.1. The summed E-state index contributed by atoms with van der Waals surface area (Å²) in [6, 6.07) is 35.0. The van der Waals surface area contributed by atoms with Gasteiger partial charge in [0.05, 0.1) is 26.4 Å². The molecule has 0 amide bonds. The van der Waals surface area contributed by atoms with Gasteiger partial charge in [-0.1, -0.05) is 97.1 Å². The van der Waals surface area contributed by atoms with Crippen molar-refractivity contribution in [1.82, 2.24) is 4.98 Å². The van der Waals surface area contributed by atoms with Crippen LogP contribution in [-0.2, 0) is 43.5 Å². The molecule has 0 bridgehead atoms. The largest absolute Gasteiger partial charge is 0.424 e. The molecule has 0 aliphatic carbocycles. The summed E-state index contributed by atoms with van der Waals surface area (Å²) >= 11 is 0.895. The maximum absolute atomic E-state index is 12.9. The van der Waals surface area contributed by atoms with Crippen LogP contribution >= 0.6 is 11.8 Å². The first-order valence-corrected chi connectivity index (χ1v) is 13.9. The molecule has 5 rings (SSSR count). The second kappa shape index (κ2) is 14.7. The highest BCUT2D eigenvalue weighted by atomic mass is 32.2. The lowest BCUT2D eigenvalue weighted by Gasteiger charge is -2.24. The number of carbonyl (C=O) groups is 1. The lowest BCUT2D eigenvalue weighted by atomic mass is 10.1. The van der Waals surface area contributed by atoms with Crippen LogP contribution < -0.4 is 0 Å². The van der Waals surface area contributed by atoms with Crippen LogP contribution in [0.1, 0.15) is 16.7 Å². The van der Waals surface area contributed by atoms with E-state index in [0.717, 1.165) is 28.5 Å². The Morgan fingerprint density at radius 1 is 0.700 bits per heavy atom. The highest BCUT2D eigenvalue weighted by Crippen LogP contribution is 2.32. The molecule has 4 aromatic rings. The number of thioether (sulfide) groups is 1. The van der Waals surface area contributed by atoms with Crippen LogP contribution in [0.2, 0.25) is 0 Å². The SMILES string of the molecule is O=C(OC1O[C@H](COCc2ccccc2)[C@@H](OCc2ccccc2)[C@H]1OCc1ccccc1)Sc1ccccn1. The molecule has 1 aliphatic rings. The fourth-order valence-corrected chi connectivity index (χ4v) is 4.88. The number of carbonyl (C=O) groups excluding carboxylic acids is 1. The monoisotopic (exact) mass is 557 g/mol. The van der Waals surface area contributed by atoms with E-state index in [4.69, 9.17) is 23.7 Å². The number of nitrogens with zero attached hydrogens (tertiary/aromatic N) is 1. The molecule has 0 N–H and O–H groups in total. The predicted molar refractivity (Wildman–Crippen MR) is 151 cm³/mol. The van der Waals surface area contributed by atoms with Gasteiger partial charge < -0.3 is 23.7 Å². The summed E-state index contributed by atoms with van der Waals surface area (Å²) in [5.74, 6) is 0. The van der Waals surface area contributed by atoms with Crippen LogP contribution in [0, 0.1) is 0 Å². The van der Waals surface area contributed by atoms with Crippen molar-refractivity contribution in [3.63, 3.8) is 0 Å². The molecule has 1 unspecified atom stereocenters. The van der Waals surface area contributed by atoms with E-state index in [1.165, 1.54) is 0 Å². The smallest absolute Gasteiger partial charge is 0.376 e. The van der Waals surface area contributed by atoms with E-state index in [1.54, 1.807) is 18.3 Å². The maximum Gasteiger partial charge on any atom is 0.376 e. The molecule has 206 valence electrons. The Labute approximate surface area is 238 Å². The van der Waals surface area contributed by atoms with Gasteiger partial charge in [-0.05, 0) is 28.8 Å². The molecular weight excluding hydrogens is 526 g/mol. The van der Waals surface area contributed by atoms with E-state index in [-0.39, 0.29) is 6.61 Å². The number of ether oxygens (including phenoxy) is 5. The number of benzene rings is 3. The lowest BCUT2D eigenvalue weighted by Crippen LogP contribution is -2.40. The summed E-state index contributed by atoms with van der Waals surface area (Å²) < 4.78 is 30.8. The fourth-order valence-electron chi connectivity index (χ4n) is 4.31. The topological polar surface area (TPSA) is 76.1 Å². The molecule has 1 aromatic heterocycles. The van der Waals surface area contributed by atoms with Gasteiger partial charge in [-0.15, -0.1) is 0 Å². The Morgan fingerprint density at radius 3 is 1.82 bits per heavy atom. The van der Waals surface area contributed by atoms with E-state index in [0.29, 0.717) is 24.8 Å². The summed E-state index contributed by atoms with van der Waals surface area (Å²) in [5.41, 5.74) is 3.05. The van der Waals surface area contributed by atoms with Crippen molar-refractivity contribution in [2.45, 2.75) is 49.4 Å². The van der Waals surface area contributed by atoms with Crippen molar-refractivity contribution >= 4 is 17.1 Å². The summed E-state index contributed by atoms with van der Waals surface area (Å²) in [7, 11) is 0. The van der Waals surface area contributed by atoms with Gasteiger partial charge in [-0.3, -0.25) is 0 Å². The zero-order chi connectivity index (χ0) is 27.4. The van der Waals surface area contributed by atoms with Gasteiger partial charge in [0.15, 0.2) is 0 Å². The maximum atomic E-state index is 12.9. The number of rotatable bonds is 12. The van der Waals surface area contributed by atoms with Crippen LogP contribution in [0.15, 0.2) is 120 Å². The summed E-state index contributed by atoms with van der Waals surface area (Å²) in [6.07, 6.45) is -1.11. The molecule has 2 heterocycles. The average molecular weight is 558 g/mol. The first-order chi connectivity index (χ1) is 19.7. The quantitative estimate of drug-likeness (QED) is 0.146. The van der Waals surface area contributed by atoms with E-state index in [2.05, 4.69) is 4.98 Å². The van der Waals surface area contributed by atoms with Crippen molar-refractivity contribution in [3.05, 3.63) is 132 Å². The van der Waals surface area contributed by atoms with E-state index < -0.39 is 29.9 Å². The Balaban J connectivity index is 1.32. The molecule has 0 spiro atoms. The molecule has 1 fully saturated rings. The summed E-state index contributed by atoms with van der Waals surface area (Å²) in [4.78, 5) is 17.1. The van der Waals surface area contributed by atoms with Gasteiger partial charge in [-0.25, -0.2) is 9.78 Å². The first kappa shape index (κ1) is 28.0. The van der Waals surface area contributed by atoms with Gasteiger partial charge in [0.1, 0.15) is 23.3 Å². The van der Waals surface area contributed by atoms with E-state index in [1.807, 2.05) is 97.1 Å². The number of pyridine rings is 1. The van der Waals surface area contributed by atoms with Crippen LogP contribution in [0.4, 0.5) is 4.79 Å². The average Bonchev–Trinajstić information content (AvgIpc) is 3.32. The standard InChI is InChI=1S/C32H31NO6S/c34-32(40-28-18-10-11-19-33-28)39-31-30(37-22-26-16-8-3-9-17-26)29(36-21-25-14-6-2-7-15-25)27(38-31)23-35-20-24-12-4-1-5-13-24/h1-19,27,29-31H,20-23H2/t27-,29-,30-,31?/m1/s1. The van der Waals surface area contributed by atoms with Crippen LogP contribution in [-0.4, -0.2) is 41.5 Å². The zero-order valence-electron chi connectivity index (χ0n) is 21.9. The van der Waals surface area contributed by atoms with Crippen molar-refractivity contribution in [2.24, 2.45) is 0 Å². The van der Waals surface area contributed by atoms with Crippen molar-refractivity contribution in [2.75, 3.05) is 6.61 Å². The third-order valence-electron chi connectivity index (χ3n) is 6.27. The molecule has 0 radical (unpaired) electrons. The van der Waals surface area contributed by atoms with Gasteiger partial charge >= 0.3 is 5.30 Å². The minimum atomic E-state index is -0.987. The minimum Gasteiger partial charge on any atom is -0.424 e. The second-order valence-electron chi connectivity index (χ2n) is 9.20. The van der Waals surface area contributed by atoms with Crippen molar-refractivity contribution in [3.8, 4) is 0 Å². The Bertz CT molecular complexity index is 1300. The molecule has 8 heteroatoms. The lowest BCUT2D eigenvalue weighted by molar-refractivity contribution is -0.150. The molecule has 0 saturated carbocycles. The summed E-state index contributed by atoms with van der Waals surface area (Å²) in [5, 5.41) is -0.00320. The molecular formula is C32H31NO6S. The van der Waals surface area contributed by atoms with Crippen LogP contribution in [0.5, 0.6) is 0 Å². The van der Waals surface area contributed by atoms with Crippen molar-refractivity contribution < 1.29 is 28.5 Å². The molecule has 7 nitrogen and oxygen atoms in total. The van der Waals surface area contributed by atoms with Crippen LogP contribution in [0.25, 0.3) is 0 Å². The number of aromatic nitrogens is 1. The Hall–Kier alpha value is -3.53. The Kier molecular flexibility index (Phi) is 10.3. The third-order valence-corrected chi connectivity index (χ3v) is 6.98. The predicted octanol–water partition coefficient (Wildman–Crippen LogP) is 6.42. The van der Waals surface area contributed by atoms with Gasteiger partial charge in [0.25, 0.3) is 0 Å². The summed E-state index contributed by atoms with van der Waals surface area (Å²) in [6.45, 7) is 1.31. The molecule has 3 aromatic carbocycles. The fraction of sp³-hybridized carbons (Fsp3) is 0.250. The van der Waals surface area contributed by atoms with Gasteiger partial charge in [0.2, 0.25) is 6.29 Å². The molecule has 4 atom stereocenters. The van der Waals surface area contributed by atoms with E-state index >= 15 is 0 Å². The van der Waals surface area contributed by atoms with Gasteiger partial charge in [0, 0.05) is 18.0 Å². The highest BCUT2D eigenvalue weighted by Gasteiger charge is 2.48. The Morgan fingerprint density at radius 2 is 1.25 bits per heavy atom. The van der Waals surface area contributed by atoms with Crippen molar-refractivity contribution in [1.29, 1.82) is 0 Å². The zero-order valence-corrected chi connectivity index (χ0v) is 22.7. The third kappa shape index (κ3) is 8.24. The minimum absolute atomic E-state index is 0.237. The van der Waals surface area contributed by atoms with Gasteiger partial charge in [-0.2, -0.15) is 0 Å². The molecule has 1 saturated heterocycles. The number of hydrogen-bond donors (Lipinski definition) is 0. The molecule has 1 aliphatic heterocycles. The molecule has 40 heavy (non-hydrogen) atoms. The van der Waals surface area contributed by atoms with Crippen LogP contribution in [0.3, 0.4) is 0 Å². The second-order valence-corrected chi connectivity index (χ2v) is 10.2. The number of hydrogen-bond acceptors (Lipinski definition) is 8. The highest BCUT2D eigenvalue weighted by molar-refractivity contribution is 8.13.